The number of hydrogen-bond acceptors (Lipinski definition) is 3. The first-order valence-corrected chi connectivity index (χ1v) is 9.80. The number of carbonyl (C=O) groups excluding carboxylic acids is 2. The lowest BCUT2D eigenvalue weighted by molar-refractivity contribution is -0.136. The summed E-state index contributed by atoms with van der Waals surface area (Å²) in [4.78, 5) is 26.6. The first kappa shape index (κ1) is 20.8. The first-order valence-electron chi connectivity index (χ1n) is 9.04. The van der Waals surface area contributed by atoms with E-state index in [0.29, 0.717) is 35.2 Å². The maximum atomic E-state index is 12.6. The second-order valence-corrected chi connectivity index (χ2v) is 7.69. The Kier molecular flexibility index (Phi) is 8.04. The van der Waals surface area contributed by atoms with Crippen molar-refractivity contribution >= 4 is 35.0 Å². The minimum Gasteiger partial charge on any atom is -0.492 e. The molecule has 2 rings (SSSR count). The van der Waals surface area contributed by atoms with Gasteiger partial charge >= 0.3 is 0 Å². The Labute approximate surface area is 165 Å². The SMILES string of the molecule is CC(C)[C@H](NC(=O)CCCOc1ccc(Cl)cc1Cl)C(=O)N1CCCC1. The van der Waals surface area contributed by atoms with Crippen LogP contribution in [0.3, 0.4) is 0 Å². The number of halogens is 2. The number of nitrogens with one attached hydrogen (secondary N) is 1. The predicted octanol–water partition coefficient (Wildman–Crippen LogP) is 3.92. The molecule has 1 saturated heterocycles. The summed E-state index contributed by atoms with van der Waals surface area (Å²) in [5.41, 5.74) is 0. The summed E-state index contributed by atoms with van der Waals surface area (Å²) in [6.45, 7) is 5.83. The molecule has 0 spiro atoms. The van der Waals surface area contributed by atoms with E-state index in [-0.39, 0.29) is 17.7 Å². The van der Waals surface area contributed by atoms with Crippen LogP contribution in [-0.4, -0.2) is 42.5 Å². The van der Waals surface area contributed by atoms with Gasteiger partial charge in [-0.25, -0.2) is 0 Å². The summed E-state index contributed by atoms with van der Waals surface area (Å²) in [6.07, 6.45) is 2.90. The van der Waals surface area contributed by atoms with E-state index >= 15 is 0 Å². The van der Waals surface area contributed by atoms with Crippen molar-refractivity contribution in [3.8, 4) is 5.75 Å². The monoisotopic (exact) mass is 400 g/mol. The zero-order chi connectivity index (χ0) is 19.1. The molecule has 1 heterocycles. The lowest BCUT2D eigenvalue weighted by Crippen LogP contribution is -2.50. The Bertz CT molecular complexity index is 631. The molecule has 0 saturated carbocycles. The molecule has 1 aliphatic rings. The normalized spacial score (nSPS) is 15.2. The van der Waals surface area contributed by atoms with E-state index in [0.717, 1.165) is 25.9 Å². The average molecular weight is 401 g/mol. The highest BCUT2D eigenvalue weighted by Gasteiger charge is 2.29. The Morgan fingerprint density at radius 1 is 1.23 bits per heavy atom. The van der Waals surface area contributed by atoms with Gasteiger partial charge in [0, 0.05) is 24.5 Å². The van der Waals surface area contributed by atoms with Gasteiger partial charge in [-0.2, -0.15) is 0 Å². The Hall–Kier alpha value is -1.46. The summed E-state index contributed by atoms with van der Waals surface area (Å²) in [7, 11) is 0. The molecule has 0 aromatic heterocycles. The number of hydrogen-bond donors (Lipinski definition) is 1. The number of likely N-dealkylation sites (tertiary alicyclic amines) is 1. The third-order valence-corrected chi connectivity index (χ3v) is 4.90. The predicted molar refractivity (Wildman–Crippen MR) is 104 cm³/mol. The van der Waals surface area contributed by atoms with Gasteiger partial charge < -0.3 is 15.0 Å². The van der Waals surface area contributed by atoms with Gasteiger partial charge in [0.15, 0.2) is 0 Å². The van der Waals surface area contributed by atoms with Crippen LogP contribution >= 0.6 is 23.2 Å². The molecular weight excluding hydrogens is 375 g/mol. The molecule has 1 aliphatic heterocycles. The molecule has 1 N–H and O–H groups in total. The summed E-state index contributed by atoms with van der Waals surface area (Å²) < 4.78 is 5.58. The topological polar surface area (TPSA) is 58.6 Å². The zero-order valence-electron chi connectivity index (χ0n) is 15.3. The van der Waals surface area contributed by atoms with Crippen LogP contribution in [0.4, 0.5) is 0 Å². The van der Waals surface area contributed by atoms with E-state index in [2.05, 4.69) is 5.32 Å². The number of carbonyl (C=O) groups is 2. The largest absolute Gasteiger partial charge is 0.492 e. The van der Waals surface area contributed by atoms with E-state index in [1.807, 2.05) is 18.7 Å². The molecule has 1 aromatic rings. The number of rotatable bonds is 8. The van der Waals surface area contributed by atoms with Crippen LogP contribution in [0.5, 0.6) is 5.75 Å². The van der Waals surface area contributed by atoms with Crippen molar-refractivity contribution in [2.45, 2.75) is 45.6 Å². The molecule has 144 valence electrons. The van der Waals surface area contributed by atoms with Crippen LogP contribution in [0.1, 0.15) is 39.5 Å². The first-order chi connectivity index (χ1) is 12.4. The van der Waals surface area contributed by atoms with Crippen molar-refractivity contribution in [3.05, 3.63) is 28.2 Å². The molecule has 0 unspecified atom stereocenters. The molecule has 1 atom stereocenters. The van der Waals surface area contributed by atoms with E-state index in [1.54, 1.807) is 18.2 Å². The van der Waals surface area contributed by atoms with Crippen molar-refractivity contribution in [2.75, 3.05) is 19.7 Å². The highest BCUT2D eigenvalue weighted by atomic mass is 35.5. The molecule has 0 aliphatic carbocycles. The fourth-order valence-corrected chi connectivity index (χ4v) is 3.36. The standard InChI is InChI=1S/C19H26Cl2N2O3/c1-13(2)18(19(25)23-9-3-4-10-23)22-17(24)6-5-11-26-16-8-7-14(20)12-15(16)21/h7-8,12-13,18H,3-6,9-11H2,1-2H3,(H,22,24)/t18-/m0/s1. The molecule has 26 heavy (non-hydrogen) atoms. The number of amides is 2. The fraction of sp³-hybridized carbons (Fsp3) is 0.579. The van der Waals surface area contributed by atoms with E-state index in [9.17, 15) is 9.59 Å². The Morgan fingerprint density at radius 3 is 2.54 bits per heavy atom. The lowest BCUT2D eigenvalue weighted by atomic mass is 10.0. The van der Waals surface area contributed by atoms with Crippen LogP contribution in [-0.2, 0) is 9.59 Å². The van der Waals surface area contributed by atoms with Gasteiger partial charge in [-0.05, 0) is 43.4 Å². The molecular formula is C19H26Cl2N2O3. The number of nitrogens with zero attached hydrogens (tertiary/aromatic N) is 1. The molecule has 1 aromatic carbocycles. The summed E-state index contributed by atoms with van der Waals surface area (Å²) in [6, 6.07) is 4.55. The quantitative estimate of drug-likeness (QED) is 0.672. The van der Waals surface area contributed by atoms with E-state index < -0.39 is 6.04 Å². The van der Waals surface area contributed by atoms with Gasteiger partial charge in [0.1, 0.15) is 11.8 Å². The number of ether oxygens (including phenoxy) is 1. The Balaban J connectivity index is 1.76. The third kappa shape index (κ3) is 6.06. The minimum absolute atomic E-state index is 0.0232. The van der Waals surface area contributed by atoms with E-state index in [1.165, 1.54) is 0 Å². The molecule has 2 amide bonds. The van der Waals surface area contributed by atoms with Crippen LogP contribution in [0.2, 0.25) is 10.0 Å². The zero-order valence-corrected chi connectivity index (χ0v) is 16.8. The van der Waals surface area contributed by atoms with Crippen LogP contribution < -0.4 is 10.1 Å². The molecule has 5 nitrogen and oxygen atoms in total. The maximum Gasteiger partial charge on any atom is 0.245 e. The highest BCUT2D eigenvalue weighted by Crippen LogP contribution is 2.27. The fourth-order valence-electron chi connectivity index (χ4n) is 2.90. The Morgan fingerprint density at radius 2 is 1.92 bits per heavy atom. The summed E-state index contributed by atoms with van der Waals surface area (Å²) in [5.74, 6) is 0.481. The smallest absolute Gasteiger partial charge is 0.245 e. The third-order valence-electron chi connectivity index (χ3n) is 4.37. The van der Waals surface area contributed by atoms with Gasteiger partial charge in [0.05, 0.1) is 11.6 Å². The molecule has 0 bridgehead atoms. The van der Waals surface area contributed by atoms with Gasteiger partial charge in [0.2, 0.25) is 11.8 Å². The van der Waals surface area contributed by atoms with Crippen molar-refractivity contribution in [1.82, 2.24) is 10.2 Å². The van der Waals surface area contributed by atoms with Crippen molar-refractivity contribution in [1.29, 1.82) is 0 Å². The van der Waals surface area contributed by atoms with Gasteiger partial charge in [0.25, 0.3) is 0 Å². The van der Waals surface area contributed by atoms with Gasteiger partial charge in [-0.3, -0.25) is 9.59 Å². The highest BCUT2D eigenvalue weighted by molar-refractivity contribution is 6.35. The molecule has 7 heteroatoms. The van der Waals surface area contributed by atoms with Crippen molar-refractivity contribution in [3.63, 3.8) is 0 Å². The second-order valence-electron chi connectivity index (χ2n) is 6.85. The lowest BCUT2D eigenvalue weighted by Gasteiger charge is -2.26. The second kappa shape index (κ2) is 10.0. The van der Waals surface area contributed by atoms with Crippen LogP contribution in [0, 0.1) is 5.92 Å². The average Bonchev–Trinajstić information content (AvgIpc) is 3.12. The van der Waals surface area contributed by atoms with Crippen LogP contribution in [0.15, 0.2) is 18.2 Å². The van der Waals surface area contributed by atoms with Crippen molar-refractivity contribution in [2.24, 2.45) is 5.92 Å². The summed E-state index contributed by atoms with van der Waals surface area (Å²) in [5, 5.41) is 3.87. The van der Waals surface area contributed by atoms with E-state index in [4.69, 9.17) is 27.9 Å². The molecule has 0 radical (unpaired) electrons. The van der Waals surface area contributed by atoms with Gasteiger partial charge in [-0.15, -0.1) is 0 Å². The summed E-state index contributed by atoms with van der Waals surface area (Å²) >= 11 is 11.9. The van der Waals surface area contributed by atoms with Crippen molar-refractivity contribution < 1.29 is 14.3 Å². The maximum absolute atomic E-state index is 12.6. The number of benzene rings is 1. The molecule has 1 fully saturated rings. The van der Waals surface area contributed by atoms with Gasteiger partial charge in [-0.1, -0.05) is 37.0 Å². The van der Waals surface area contributed by atoms with Crippen LogP contribution in [0.25, 0.3) is 0 Å². The minimum atomic E-state index is -0.466.